The van der Waals surface area contributed by atoms with Gasteiger partial charge in [0, 0.05) is 11.1 Å². The fraction of sp³-hybridized carbons (Fsp3) is 0.118. The molecule has 1 nitrogen and oxygen atoms in total. The lowest BCUT2D eigenvalue weighted by Gasteiger charge is -2.20. The second kappa shape index (κ2) is 3.42. The van der Waals surface area contributed by atoms with Crippen LogP contribution in [0.1, 0.15) is 23.2 Å². The second-order valence-corrected chi connectivity index (χ2v) is 4.87. The van der Waals surface area contributed by atoms with Crippen molar-refractivity contribution in [1.82, 2.24) is 0 Å². The number of benzene rings is 2. The molecule has 86 valence electrons. The van der Waals surface area contributed by atoms with E-state index in [0.29, 0.717) is 0 Å². The summed E-state index contributed by atoms with van der Waals surface area (Å²) in [7, 11) is 0. The average molecular weight is 232 g/mol. The van der Waals surface area contributed by atoms with Gasteiger partial charge >= 0.3 is 0 Å². The molecule has 0 saturated heterocycles. The highest BCUT2D eigenvalue weighted by Crippen LogP contribution is 2.29. The van der Waals surface area contributed by atoms with Crippen LogP contribution in [-0.2, 0) is 0 Å². The van der Waals surface area contributed by atoms with Crippen LogP contribution in [0.2, 0.25) is 0 Å². The van der Waals surface area contributed by atoms with Crippen molar-refractivity contribution in [1.29, 1.82) is 0 Å². The Labute approximate surface area is 105 Å². The van der Waals surface area contributed by atoms with Crippen molar-refractivity contribution in [3.8, 4) is 11.1 Å². The minimum Gasteiger partial charge on any atom is -0.289 e. The summed E-state index contributed by atoms with van der Waals surface area (Å²) >= 11 is 0. The minimum absolute atomic E-state index is 0.221. The van der Waals surface area contributed by atoms with E-state index in [1.54, 1.807) is 0 Å². The fourth-order valence-electron chi connectivity index (χ4n) is 3.10. The van der Waals surface area contributed by atoms with Gasteiger partial charge in [-0.05, 0) is 34.4 Å². The minimum atomic E-state index is 0.221. The number of carbonyl (C=O) groups is 1. The topological polar surface area (TPSA) is 17.1 Å². The molecule has 1 heteroatoms. The molecule has 0 aliphatic heterocycles. The molecule has 18 heavy (non-hydrogen) atoms. The van der Waals surface area contributed by atoms with Crippen LogP contribution in [-0.4, -0.2) is 5.78 Å². The van der Waals surface area contributed by atoms with Gasteiger partial charge in [0.2, 0.25) is 0 Å². The van der Waals surface area contributed by atoms with Crippen LogP contribution in [0, 0.1) is 0 Å². The van der Waals surface area contributed by atoms with E-state index in [4.69, 9.17) is 0 Å². The first kappa shape index (κ1) is 9.84. The van der Waals surface area contributed by atoms with Gasteiger partial charge in [0.15, 0.2) is 5.78 Å². The third-order valence-electron chi connectivity index (χ3n) is 3.89. The van der Waals surface area contributed by atoms with E-state index in [0.717, 1.165) is 29.5 Å². The molecule has 2 aromatic carbocycles. The van der Waals surface area contributed by atoms with Gasteiger partial charge in [-0.3, -0.25) is 4.79 Å². The van der Waals surface area contributed by atoms with Gasteiger partial charge in [0.1, 0.15) is 0 Å². The molecule has 0 unspecified atom stereocenters. The number of Topliss-reactive ketones (excluding diaryl/α,β-unsaturated/α-hetero) is 1. The van der Waals surface area contributed by atoms with Gasteiger partial charge < -0.3 is 0 Å². The summed E-state index contributed by atoms with van der Waals surface area (Å²) in [5.74, 6) is 0.221. The number of rotatable bonds is 0. The molecular weight excluding hydrogens is 220 g/mol. The first-order chi connectivity index (χ1) is 8.86. The molecule has 0 heterocycles. The Bertz CT molecular complexity index is 797. The zero-order chi connectivity index (χ0) is 12.1. The molecule has 2 aliphatic carbocycles. The summed E-state index contributed by atoms with van der Waals surface area (Å²) in [5, 5.41) is 2.39. The van der Waals surface area contributed by atoms with Gasteiger partial charge in [-0.25, -0.2) is 0 Å². The summed E-state index contributed by atoms with van der Waals surface area (Å²) in [5.41, 5.74) is 4.16. The van der Waals surface area contributed by atoms with Gasteiger partial charge in [-0.2, -0.15) is 0 Å². The van der Waals surface area contributed by atoms with Gasteiger partial charge in [0.25, 0.3) is 0 Å². The Morgan fingerprint density at radius 3 is 2.50 bits per heavy atom. The number of hydrogen-bond acceptors (Lipinski definition) is 1. The lowest BCUT2D eigenvalue weighted by Crippen LogP contribution is -2.36. The monoisotopic (exact) mass is 232 g/mol. The van der Waals surface area contributed by atoms with Crippen LogP contribution in [0.25, 0.3) is 22.8 Å². The zero-order valence-electron chi connectivity index (χ0n) is 9.94. The van der Waals surface area contributed by atoms with E-state index in [2.05, 4.69) is 24.3 Å². The predicted molar refractivity (Wildman–Crippen MR) is 72.6 cm³/mol. The van der Waals surface area contributed by atoms with Crippen LogP contribution in [0.5, 0.6) is 0 Å². The predicted octanol–water partition coefficient (Wildman–Crippen LogP) is 2.27. The van der Waals surface area contributed by atoms with Crippen LogP contribution >= 0.6 is 0 Å². The summed E-state index contributed by atoms with van der Waals surface area (Å²) in [6, 6.07) is 14.3. The average Bonchev–Trinajstić information content (AvgIpc) is 2.44. The molecule has 0 N–H and O–H groups in total. The third-order valence-corrected chi connectivity index (χ3v) is 3.89. The van der Waals surface area contributed by atoms with E-state index < -0.39 is 0 Å². The number of hydrogen-bond donors (Lipinski definition) is 0. The first-order valence-electron chi connectivity index (χ1n) is 6.33. The zero-order valence-corrected chi connectivity index (χ0v) is 9.94. The molecule has 0 atom stereocenters. The lowest BCUT2D eigenvalue weighted by molar-refractivity contribution is 0.105. The van der Waals surface area contributed by atoms with Crippen LogP contribution in [0.4, 0.5) is 0 Å². The first-order valence-corrected chi connectivity index (χ1v) is 6.33. The molecule has 2 aliphatic rings. The Balaban J connectivity index is 2.27. The molecule has 0 fully saturated rings. The lowest BCUT2D eigenvalue weighted by atomic mass is 9.82. The Kier molecular flexibility index (Phi) is 1.87. The van der Waals surface area contributed by atoms with Crippen molar-refractivity contribution in [3.63, 3.8) is 0 Å². The maximum absolute atomic E-state index is 12.5. The van der Waals surface area contributed by atoms with E-state index in [1.807, 2.05) is 24.3 Å². The molecule has 0 spiro atoms. The largest absolute Gasteiger partial charge is 0.289 e. The standard InChI is InChI=1S/C17H12O/c18-17-14-8-2-1-7-12(14)13-9-3-5-11-6-4-10-15(17)16(11)13/h1-3,5-9H,4,10H2. The van der Waals surface area contributed by atoms with E-state index in [-0.39, 0.29) is 5.78 Å². The highest BCUT2D eigenvalue weighted by molar-refractivity contribution is 6.28. The summed E-state index contributed by atoms with van der Waals surface area (Å²) < 4.78 is 0. The summed E-state index contributed by atoms with van der Waals surface area (Å²) in [6.45, 7) is 0. The molecule has 2 aromatic rings. The van der Waals surface area contributed by atoms with Crippen molar-refractivity contribution >= 4 is 17.4 Å². The van der Waals surface area contributed by atoms with Crippen molar-refractivity contribution in [2.45, 2.75) is 12.8 Å². The molecule has 0 amide bonds. The number of carbonyl (C=O) groups excluding carboxylic acids is 1. The maximum Gasteiger partial charge on any atom is 0.190 e. The summed E-state index contributed by atoms with van der Waals surface area (Å²) in [6.07, 6.45) is 4.08. The highest BCUT2D eigenvalue weighted by atomic mass is 16.1. The van der Waals surface area contributed by atoms with Gasteiger partial charge in [0.05, 0.1) is 0 Å². The number of fused-ring (bicyclic) bond motifs is 2. The third kappa shape index (κ3) is 1.14. The molecule has 0 bridgehead atoms. The Hall–Kier alpha value is -2.15. The SMILES string of the molecule is O=C1C2=c3c(cccc3=CCC2)-c2ccccc21. The molecular formula is C17H12O. The van der Waals surface area contributed by atoms with Crippen LogP contribution < -0.4 is 10.4 Å². The highest BCUT2D eigenvalue weighted by Gasteiger charge is 2.24. The Morgan fingerprint density at radius 1 is 0.833 bits per heavy atom. The number of ketones is 1. The molecule has 4 rings (SSSR count). The fourth-order valence-corrected chi connectivity index (χ4v) is 3.10. The maximum atomic E-state index is 12.5. The second-order valence-electron chi connectivity index (χ2n) is 4.87. The van der Waals surface area contributed by atoms with Gasteiger partial charge in [-0.1, -0.05) is 48.5 Å². The van der Waals surface area contributed by atoms with Crippen molar-refractivity contribution < 1.29 is 4.79 Å². The summed E-state index contributed by atoms with van der Waals surface area (Å²) in [4.78, 5) is 12.5. The molecule has 0 radical (unpaired) electrons. The molecule has 0 saturated carbocycles. The van der Waals surface area contributed by atoms with Crippen LogP contribution in [0.15, 0.2) is 42.5 Å². The van der Waals surface area contributed by atoms with Crippen molar-refractivity contribution in [2.75, 3.05) is 0 Å². The van der Waals surface area contributed by atoms with Crippen LogP contribution in [0.3, 0.4) is 0 Å². The van der Waals surface area contributed by atoms with Crippen molar-refractivity contribution in [2.24, 2.45) is 0 Å². The van der Waals surface area contributed by atoms with Crippen molar-refractivity contribution in [3.05, 3.63) is 58.5 Å². The van der Waals surface area contributed by atoms with E-state index in [1.165, 1.54) is 16.0 Å². The van der Waals surface area contributed by atoms with E-state index in [9.17, 15) is 4.79 Å². The normalized spacial score (nSPS) is 15.8. The Morgan fingerprint density at radius 2 is 1.61 bits per heavy atom. The van der Waals surface area contributed by atoms with E-state index >= 15 is 0 Å². The van der Waals surface area contributed by atoms with Gasteiger partial charge in [-0.15, -0.1) is 0 Å². The molecule has 0 aromatic heterocycles. The smallest absolute Gasteiger partial charge is 0.190 e. The quantitative estimate of drug-likeness (QED) is 0.681.